The van der Waals surface area contributed by atoms with Gasteiger partial charge in [-0.25, -0.2) is 0 Å². The normalized spacial score (nSPS) is 12.9. The fourth-order valence-electron chi connectivity index (χ4n) is 0.170. The Kier molecular flexibility index (Phi) is 2.65. The molecule has 0 saturated heterocycles. The third-order valence-electron chi connectivity index (χ3n) is 0.711. The van der Waals surface area contributed by atoms with Gasteiger partial charge in [-0.05, 0) is 18.5 Å². The Bertz CT molecular complexity index is 109. The van der Waals surface area contributed by atoms with E-state index in [0.29, 0.717) is 0 Å². The van der Waals surface area contributed by atoms with Crippen LogP contribution in [0.1, 0.15) is 6.92 Å². The molecule has 0 aromatic heterocycles. The van der Waals surface area contributed by atoms with E-state index in [2.05, 4.69) is 0 Å². The van der Waals surface area contributed by atoms with Crippen LogP contribution in [0.3, 0.4) is 0 Å². The fourth-order valence-corrected chi connectivity index (χ4v) is 0.334. The summed E-state index contributed by atoms with van der Waals surface area (Å²) < 4.78 is 0. The molecule has 0 rings (SSSR count). The second kappa shape index (κ2) is 2.79. The molecule has 0 bridgehead atoms. The Morgan fingerprint density at radius 2 is 2.25 bits per heavy atom. The van der Waals surface area contributed by atoms with Gasteiger partial charge < -0.3 is 11.1 Å². The van der Waals surface area contributed by atoms with E-state index in [1.54, 1.807) is 0 Å². The fraction of sp³-hybridized carbons (Fsp3) is 0.500. The molecule has 3 nitrogen and oxygen atoms in total. The van der Waals surface area contributed by atoms with Gasteiger partial charge in [0.15, 0.2) is 0 Å². The summed E-state index contributed by atoms with van der Waals surface area (Å²) in [5.41, 5.74) is 5.14. The van der Waals surface area contributed by atoms with Crippen molar-refractivity contribution in [3.63, 3.8) is 0 Å². The Balaban J connectivity index is 3.83. The molecule has 8 heavy (non-hydrogen) atoms. The summed E-state index contributed by atoms with van der Waals surface area (Å²) in [6, 6.07) is -0.920. The molecule has 4 heteroatoms. The van der Waals surface area contributed by atoms with Crippen molar-refractivity contribution >= 4 is 22.6 Å². The van der Waals surface area contributed by atoms with Crippen LogP contribution in [-0.2, 0) is 4.79 Å². The lowest BCUT2D eigenvalue weighted by Gasteiger charge is -1.99. The molecule has 0 amide bonds. The summed E-state index contributed by atoms with van der Waals surface area (Å²) in [6.45, 7) is 1.44. The van der Waals surface area contributed by atoms with Crippen LogP contribution < -0.4 is 5.73 Å². The topological polar surface area (TPSA) is 66.9 Å². The van der Waals surface area contributed by atoms with Gasteiger partial charge in [0.05, 0.1) is 0 Å². The summed E-state index contributed by atoms with van der Waals surface area (Å²) >= 11 is 4.92. The largest absolute Gasteiger partial charge is 0.316 e. The van der Waals surface area contributed by atoms with Crippen LogP contribution >= 0.6 is 11.6 Å². The summed E-state index contributed by atoms with van der Waals surface area (Å²) in [4.78, 5) is 10.1. The van der Waals surface area contributed by atoms with E-state index in [1.165, 1.54) is 6.92 Å². The van der Waals surface area contributed by atoms with Crippen LogP contribution in [-0.4, -0.2) is 17.0 Å². The first kappa shape index (κ1) is 7.59. The van der Waals surface area contributed by atoms with Crippen LogP contribution in [0, 0.1) is 5.41 Å². The van der Waals surface area contributed by atoms with E-state index in [1.807, 2.05) is 0 Å². The molecule has 3 N–H and O–H groups in total. The van der Waals surface area contributed by atoms with Crippen molar-refractivity contribution < 1.29 is 4.79 Å². The van der Waals surface area contributed by atoms with E-state index in [0.717, 1.165) is 0 Å². The Labute approximate surface area is 52.3 Å². The number of nitrogens with one attached hydrogen (secondary N) is 1. The van der Waals surface area contributed by atoms with Gasteiger partial charge in [-0.3, -0.25) is 4.79 Å². The number of rotatable bonds is 2. The number of hydrogen-bond donors (Lipinski definition) is 2. The smallest absolute Gasteiger partial charge is 0.244 e. The number of nitrogens with two attached hydrogens (primary N) is 1. The van der Waals surface area contributed by atoms with Gasteiger partial charge in [-0.15, -0.1) is 0 Å². The zero-order valence-corrected chi connectivity index (χ0v) is 5.20. The number of carbonyl (C=O) groups excluding carboxylic acids is 1. The lowest BCUT2D eigenvalue weighted by Crippen LogP contribution is -2.33. The van der Waals surface area contributed by atoms with Crippen LogP contribution in [0.5, 0.6) is 0 Å². The highest BCUT2D eigenvalue weighted by molar-refractivity contribution is 6.66. The van der Waals surface area contributed by atoms with E-state index < -0.39 is 11.3 Å². The molecule has 0 aromatic carbocycles. The van der Waals surface area contributed by atoms with E-state index in [-0.39, 0.29) is 5.71 Å². The molecule has 0 aliphatic carbocycles. The highest BCUT2D eigenvalue weighted by Gasteiger charge is 2.10. The number of halogens is 1. The zero-order chi connectivity index (χ0) is 6.73. The average Bonchev–Trinajstić information content (AvgIpc) is 1.64. The Morgan fingerprint density at radius 3 is 2.25 bits per heavy atom. The number of carbonyl (C=O) groups is 1. The van der Waals surface area contributed by atoms with Crippen LogP contribution in [0.2, 0.25) is 0 Å². The Morgan fingerprint density at radius 1 is 1.88 bits per heavy atom. The minimum atomic E-state index is -0.920. The second-order valence-electron chi connectivity index (χ2n) is 1.46. The van der Waals surface area contributed by atoms with Crippen LogP contribution in [0.4, 0.5) is 0 Å². The van der Waals surface area contributed by atoms with Crippen molar-refractivity contribution in [2.24, 2.45) is 5.73 Å². The number of hydrogen-bond acceptors (Lipinski definition) is 3. The van der Waals surface area contributed by atoms with Gasteiger partial charge in [-0.1, -0.05) is 0 Å². The average molecular weight is 135 g/mol. The van der Waals surface area contributed by atoms with Gasteiger partial charge in [0.2, 0.25) is 5.24 Å². The molecule has 1 unspecified atom stereocenters. The van der Waals surface area contributed by atoms with Crippen molar-refractivity contribution in [3.05, 3.63) is 0 Å². The first-order valence-electron chi connectivity index (χ1n) is 2.05. The molecule has 1 atom stereocenters. The van der Waals surface area contributed by atoms with Gasteiger partial charge in [0, 0.05) is 5.71 Å². The van der Waals surface area contributed by atoms with E-state index >= 15 is 0 Å². The van der Waals surface area contributed by atoms with Crippen LogP contribution in [0.25, 0.3) is 0 Å². The van der Waals surface area contributed by atoms with Crippen molar-refractivity contribution in [1.29, 1.82) is 5.41 Å². The van der Waals surface area contributed by atoms with Gasteiger partial charge in [0.25, 0.3) is 0 Å². The highest BCUT2D eigenvalue weighted by Crippen LogP contribution is 1.87. The second-order valence-corrected chi connectivity index (χ2v) is 1.84. The van der Waals surface area contributed by atoms with E-state index in [4.69, 9.17) is 22.7 Å². The highest BCUT2D eigenvalue weighted by atomic mass is 35.5. The molecule has 0 fully saturated rings. The SMILES string of the molecule is CC(=N)C(N)C(=O)Cl. The van der Waals surface area contributed by atoms with Crippen molar-refractivity contribution in [2.45, 2.75) is 13.0 Å². The Hall–Kier alpha value is -0.410. The summed E-state index contributed by atoms with van der Waals surface area (Å²) in [5.74, 6) is 0. The maximum atomic E-state index is 10.1. The van der Waals surface area contributed by atoms with Crippen molar-refractivity contribution in [3.8, 4) is 0 Å². The predicted octanol–water partition coefficient (Wildman–Crippen LogP) is 0.119. The summed E-state index contributed by atoms with van der Waals surface area (Å²) in [6.07, 6.45) is 0. The molecular weight excluding hydrogens is 128 g/mol. The maximum Gasteiger partial charge on any atom is 0.244 e. The molecule has 0 aliphatic heterocycles. The lowest BCUT2D eigenvalue weighted by atomic mass is 10.2. The minimum Gasteiger partial charge on any atom is -0.316 e. The predicted molar refractivity (Wildman–Crippen MR) is 32.2 cm³/mol. The molecule has 46 valence electrons. The molecule has 0 heterocycles. The van der Waals surface area contributed by atoms with Gasteiger partial charge >= 0.3 is 0 Å². The monoisotopic (exact) mass is 134 g/mol. The molecule has 0 aromatic rings. The minimum absolute atomic E-state index is 0.0880. The first-order chi connectivity index (χ1) is 3.55. The molecule has 0 radical (unpaired) electrons. The molecule has 0 spiro atoms. The van der Waals surface area contributed by atoms with Crippen molar-refractivity contribution in [1.82, 2.24) is 0 Å². The maximum absolute atomic E-state index is 10.1. The standard InChI is InChI=1S/C4H7ClN2O/c1-2(6)3(7)4(5)8/h3,6H,7H2,1H3. The molecule has 0 aliphatic rings. The van der Waals surface area contributed by atoms with Crippen LogP contribution in [0.15, 0.2) is 0 Å². The molecular formula is C4H7ClN2O. The first-order valence-corrected chi connectivity index (χ1v) is 2.43. The van der Waals surface area contributed by atoms with Crippen molar-refractivity contribution in [2.75, 3.05) is 0 Å². The van der Waals surface area contributed by atoms with Gasteiger partial charge in [-0.2, -0.15) is 0 Å². The quantitative estimate of drug-likeness (QED) is 0.416. The molecule has 0 saturated carbocycles. The third kappa shape index (κ3) is 2.04. The lowest BCUT2D eigenvalue weighted by molar-refractivity contribution is -0.111. The summed E-state index contributed by atoms with van der Waals surface area (Å²) in [7, 11) is 0. The zero-order valence-electron chi connectivity index (χ0n) is 4.44. The van der Waals surface area contributed by atoms with Gasteiger partial charge in [0.1, 0.15) is 6.04 Å². The third-order valence-corrected chi connectivity index (χ3v) is 0.946. The summed E-state index contributed by atoms with van der Waals surface area (Å²) in [5, 5.41) is 6.12. The van der Waals surface area contributed by atoms with E-state index in [9.17, 15) is 4.79 Å².